The molecule has 0 spiro atoms. The minimum atomic E-state index is -0.821. The molecule has 1 amide bonds. The molecule has 0 aliphatic carbocycles. The maximum Gasteiger partial charge on any atom is 0.421 e. The molecule has 0 atom stereocenters. The molecule has 0 aliphatic rings. The fraction of sp³-hybridized carbons (Fsp3) is 0.296. The van der Waals surface area contributed by atoms with E-state index in [0.29, 0.717) is 23.2 Å². The van der Waals surface area contributed by atoms with Crippen molar-refractivity contribution >= 4 is 18.1 Å². The predicted molar refractivity (Wildman–Crippen MR) is 132 cm³/mol. The average Bonchev–Trinajstić information content (AvgIpc) is 3.19. The van der Waals surface area contributed by atoms with Gasteiger partial charge < -0.3 is 9.47 Å². The zero-order valence-electron chi connectivity index (χ0n) is 20.5. The highest BCUT2D eigenvalue weighted by Gasteiger charge is 2.26. The van der Waals surface area contributed by atoms with Gasteiger partial charge in [-0.1, -0.05) is 43.4 Å². The van der Waals surface area contributed by atoms with Crippen molar-refractivity contribution in [3.63, 3.8) is 0 Å². The van der Waals surface area contributed by atoms with Gasteiger partial charge in [-0.2, -0.15) is 0 Å². The average molecular weight is 496 g/mol. The number of hydrogen-bond acceptors (Lipinski definition) is 5. The fourth-order valence-corrected chi connectivity index (χ4v) is 3.14. The zero-order chi connectivity index (χ0) is 26.3. The highest BCUT2D eigenvalue weighted by atomic mass is 19.1. The lowest BCUT2D eigenvalue weighted by molar-refractivity contribution is 0.0543. The molecule has 36 heavy (non-hydrogen) atoms. The summed E-state index contributed by atoms with van der Waals surface area (Å²) in [5, 5.41) is 2.49. The molecule has 0 radical (unpaired) electrons. The molecule has 1 heterocycles. The molecular formula is C27H27F2N3O4. The number of imidazole rings is 1. The molecule has 3 rings (SSSR count). The summed E-state index contributed by atoms with van der Waals surface area (Å²) in [5.74, 6) is 4.07. The van der Waals surface area contributed by atoms with Crippen LogP contribution >= 0.6 is 0 Å². The van der Waals surface area contributed by atoms with Gasteiger partial charge in [0, 0.05) is 22.8 Å². The van der Waals surface area contributed by atoms with Gasteiger partial charge in [0.2, 0.25) is 5.95 Å². The molecule has 188 valence electrons. The van der Waals surface area contributed by atoms with Gasteiger partial charge in [0.25, 0.3) is 0 Å². The maximum absolute atomic E-state index is 13.6. The maximum atomic E-state index is 13.6. The second-order valence-corrected chi connectivity index (χ2v) is 8.85. The Morgan fingerprint density at radius 1 is 1.08 bits per heavy atom. The number of carbonyl (C=O) groups excluding carboxylic acids is 2. The summed E-state index contributed by atoms with van der Waals surface area (Å²) >= 11 is 0. The third-order valence-corrected chi connectivity index (χ3v) is 4.69. The number of aromatic nitrogens is 2. The third kappa shape index (κ3) is 7.15. The van der Waals surface area contributed by atoms with Crippen LogP contribution in [0.2, 0.25) is 0 Å². The van der Waals surface area contributed by atoms with Crippen molar-refractivity contribution in [2.45, 2.75) is 46.1 Å². The largest absolute Gasteiger partial charge is 0.449 e. The lowest BCUT2D eigenvalue weighted by atomic mass is 10.0. The van der Waals surface area contributed by atoms with Crippen LogP contribution in [0.3, 0.4) is 0 Å². The van der Waals surface area contributed by atoms with Crippen molar-refractivity contribution in [1.82, 2.24) is 9.55 Å². The van der Waals surface area contributed by atoms with E-state index < -0.39 is 29.4 Å². The SMILES string of the molecule is CCCCOC(=O)Nc1ncc(-c2ccccc2C#Cc2cc(F)cc(F)c2)n1C(=O)OC(C)(C)C. The molecule has 3 aromatic rings. The van der Waals surface area contributed by atoms with Crippen LogP contribution in [-0.4, -0.2) is 33.9 Å². The van der Waals surface area contributed by atoms with Crippen molar-refractivity contribution in [2.75, 3.05) is 11.9 Å². The van der Waals surface area contributed by atoms with Crippen LogP contribution in [0, 0.1) is 23.5 Å². The zero-order valence-corrected chi connectivity index (χ0v) is 20.5. The van der Waals surface area contributed by atoms with E-state index in [-0.39, 0.29) is 18.1 Å². The number of anilines is 1. The van der Waals surface area contributed by atoms with Crippen LogP contribution in [0.5, 0.6) is 0 Å². The Morgan fingerprint density at radius 2 is 1.78 bits per heavy atom. The summed E-state index contributed by atoms with van der Waals surface area (Å²) in [6, 6.07) is 9.87. The van der Waals surface area contributed by atoms with Gasteiger partial charge in [0.1, 0.15) is 17.2 Å². The number of hydrogen-bond donors (Lipinski definition) is 1. The number of halogens is 2. The Balaban J connectivity index is 2.04. The number of ether oxygens (including phenoxy) is 2. The van der Waals surface area contributed by atoms with E-state index in [9.17, 15) is 18.4 Å². The highest BCUT2D eigenvalue weighted by Crippen LogP contribution is 2.28. The van der Waals surface area contributed by atoms with Crippen LogP contribution in [0.1, 0.15) is 51.7 Å². The summed E-state index contributed by atoms with van der Waals surface area (Å²) in [7, 11) is 0. The van der Waals surface area contributed by atoms with Crippen LogP contribution in [0.15, 0.2) is 48.7 Å². The Kier molecular flexibility index (Phi) is 8.43. The quantitative estimate of drug-likeness (QED) is 0.329. The van der Waals surface area contributed by atoms with Crippen LogP contribution in [-0.2, 0) is 9.47 Å². The Bertz CT molecular complexity index is 1300. The molecule has 1 N–H and O–H groups in total. The normalized spacial score (nSPS) is 10.8. The standard InChI is InChI=1S/C27H27F2N3O4/c1-5-6-13-35-25(33)31-24-30-17-23(32(24)26(34)36-27(2,3)4)22-10-8-7-9-19(22)12-11-18-14-20(28)16-21(29)15-18/h7-10,14-17H,5-6,13H2,1-4H3,(H,30,31,33). The molecule has 0 unspecified atom stereocenters. The topological polar surface area (TPSA) is 82.5 Å². The van der Waals surface area contributed by atoms with Crippen LogP contribution < -0.4 is 5.32 Å². The van der Waals surface area contributed by atoms with Crippen molar-refractivity contribution in [1.29, 1.82) is 0 Å². The molecule has 0 saturated heterocycles. The van der Waals surface area contributed by atoms with Crippen molar-refractivity contribution in [3.8, 4) is 23.1 Å². The minimum Gasteiger partial charge on any atom is -0.449 e. The van der Waals surface area contributed by atoms with Gasteiger partial charge in [-0.25, -0.2) is 27.9 Å². The smallest absolute Gasteiger partial charge is 0.421 e. The van der Waals surface area contributed by atoms with Crippen molar-refractivity contribution in [2.24, 2.45) is 0 Å². The molecule has 0 aliphatic heterocycles. The first-order valence-corrected chi connectivity index (χ1v) is 11.4. The predicted octanol–water partition coefficient (Wildman–Crippen LogP) is 6.36. The van der Waals surface area contributed by atoms with Crippen molar-refractivity contribution < 1.29 is 27.8 Å². The third-order valence-electron chi connectivity index (χ3n) is 4.69. The van der Waals surface area contributed by atoms with Gasteiger partial charge in [0.15, 0.2) is 0 Å². The Labute approximate surface area is 208 Å². The summed E-state index contributed by atoms with van der Waals surface area (Å²) in [6.07, 6.45) is 1.42. The Morgan fingerprint density at radius 3 is 2.44 bits per heavy atom. The second kappa shape index (κ2) is 11.5. The first-order chi connectivity index (χ1) is 17.1. The van der Waals surface area contributed by atoms with E-state index in [2.05, 4.69) is 22.1 Å². The van der Waals surface area contributed by atoms with Crippen LogP contribution in [0.4, 0.5) is 24.3 Å². The summed E-state index contributed by atoms with van der Waals surface area (Å²) in [5.41, 5.74) is 0.582. The van der Waals surface area contributed by atoms with Gasteiger partial charge in [-0.05, 0) is 45.4 Å². The number of nitrogens with zero attached hydrogens (tertiary/aromatic N) is 2. The lowest BCUT2D eigenvalue weighted by Crippen LogP contribution is -2.29. The number of benzene rings is 2. The number of amides is 1. The fourth-order valence-electron chi connectivity index (χ4n) is 3.14. The molecule has 0 fully saturated rings. The number of unbranched alkanes of at least 4 members (excludes halogenated alkanes) is 1. The minimum absolute atomic E-state index is 0.0873. The molecule has 9 heteroatoms. The van der Waals surface area contributed by atoms with E-state index in [0.717, 1.165) is 29.2 Å². The van der Waals surface area contributed by atoms with Gasteiger partial charge in [0.05, 0.1) is 18.5 Å². The first kappa shape index (κ1) is 26.4. The highest BCUT2D eigenvalue weighted by molar-refractivity contribution is 5.89. The van der Waals surface area contributed by atoms with E-state index >= 15 is 0 Å². The van der Waals surface area contributed by atoms with E-state index in [4.69, 9.17) is 9.47 Å². The first-order valence-electron chi connectivity index (χ1n) is 11.4. The van der Waals surface area contributed by atoms with Gasteiger partial charge in [-0.3, -0.25) is 5.32 Å². The lowest BCUT2D eigenvalue weighted by Gasteiger charge is -2.21. The van der Waals surface area contributed by atoms with Gasteiger partial charge >= 0.3 is 12.2 Å². The molecule has 0 bridgehead atoms. The van der Waals surface area contributed by atoms with Gasteiger partial charge in [-0.15, -0.1) is 0 Å². The number of rotatable bonds is 5. The monoisotopic (exact) mass is 495 g/mol. The number of nitrogens with one attached hydrogen (secondary N) is 1. The van der Waals surface area contributed by atoms with Crippen molar-refractivity contribution in [3.05, 3.63) is 71.4 Å². The summed E-state index contributed by atoms with van der Waals surface area (Å²) in [6.45, 7) is 7.33. The molecule has 2 aromatic carbocycles. The van der Waals surface area contributed by atoms with E-state index in [1.54, 1.807) is 45.0 Å². The van der Waals surface area contributed by atoms with E-state index in [1.807, 2.05) is 6.92 Å². The molecule has 7 nitrogen and oxygen atoms in total. The van der Waals surface area contributed by atoms with Crippen LogP contribution in [0.25, 0.3) is 11.3 Å². The number of carbonyl (C=O) groups is 2. The molecular weight excluding hydrogens is 468 g/mol. The Hall–Kier alpha value is -4.19. The summed E-state index contributed by atoms with van der Waals surface area (Å²) in [4.78, 5) is 29.6. The van der Waals surface area contributed by atoms with E-state index in [1.165, 1.54) is 6.20 Å². The molecule has 1 aromatic heterocycles. The second-order valence-electron chi connectivity index (χ2n) is 8.85. The molecule has 0 saturated carbocycles. The summed E-state index contributed by atoms with van der Waals surface area (Å²) < 4.78 is 38.9.